The van der Waals surface area contributed by atoms with Gasteiger partial charge in [0.05, 0.1) is 17.2 Å². The van der Waals surface area contributed by atoms with E-state index in [9.17, 15) is 9.59 Å². The second-order valence-corrected chi connectivity index (χ2v) is 11.0. The highest BCUT2D eigenvalue weighted by Crippen LogP contribution is 2.30. The maximum atomic E-state index is 13.4. The van der Waals surface area contributed by atoms with Crippen molar-refractivity contribution >= 4 is 39.1 Å². The number of hydrogen-bond donors (Lipinski definition) is 2. The Balaban J connectivity index is 1.31. The van der Waals surface area contributed by atoms with Gasteiger partial charge in [0.25, 0.3) is 11.8 Å². The van der Waals surface area contributed by atoms with Crippen LogP contribution in [0, 0.1) is 5.92 Å². The van der Waals surface area contributed by atoms with Crippen molar-refractivity contribution in [3.8, 4) is 0 Å². The summed E-state index contributed by atoms with van der Waals surface area (Å²) in [7, 11) is 0. The number of carbonyl (C=O) groups is 2. The molecule has 2 aliphatic heterocycles. The van der Waals surface area contributed by atoms with Crippen LogP contribution in [0.5, 0.6) is 0 Å². The Bertz CT molecular complexity index is 1250. The molecule has 1 unspecified atom stereocenters. The molecule has 7 heteroatoms. The summed E-state index contributed by atoms with van der Waals surface area (Å²) in [5, 5.41) is 6.04. The Morgan fingerprint density at radius 1 is 0.895 bits per heavy atom. The zero-order valence-corrected chi connectivity index (χ0v) is 23.1. The number of carbonyl (C=O) groups excluding carboxylic acids is 2. The summed E-state index contributed by atoms with van der Waals surface area (Å²) in [6.45, 7) is 3.03. The van der Waals surface area contributed by atoms with Crippen LogP contribution in [-0.4, -0.2) is 44.2 Å². The number of hydrogen-bond acceptors (Lipinski definition) is 4. The van der Waals surface area contributed by atoms with Crippen molar-refractivity contribution in [1.82, 2.24) is 5.32 Å². The quantitative estimate of drug-likeness (QED) is 0.342. The lowest BCUT2D eigenvalue weighted by atomic mass is 9.89. The van der Waals surface area contributed by atoms with Crippen molar-refractivity contribution in [1.29, 1.82) is 0 Å². The van der Waals surface area contributed by atoms with Crippen molar-refractivity contribution in [2.45, 2.75) is 38.2 Å². The predicted molar refractivity (Wildman–Crippen MR) is 155 cm³/mol. The molecule has 3 aromatic carbocycles. The number of nitrogens with zero attached hydrogens (tertiary/aromatic N) is 1. The Kier molecular flexibility index (Phi) is 8.76. The molecule has 2 aliphatic rings. The topological polar surface area (TPSA) is 70.7 Å². The lowest BCUT2D eigenvalue weighted by molar-refractivity contribution is 0.0858. The molecule has 2 amide bonds. The Morgan fingerprint density at radius 2 is 1.66 bits per heavy atom. The average Bonchev–Trinajstić information content (AvgIpc) is 3.47. The SMILES string of the molecule is O=C(Nc1ccc(N2CCC(Cc3ccccc3)CC2)c(C(=O)NCC2CCCO2)c1)c1ccccc1Br. The van der Waals surface area contributed by atoms with Gasteiger partial charge in [-0.2, -0.15) is 0 Å². The van der Waals surface area contributed by atoms with Crippen LogP contribution in [0.25, 0.3) is 0 Å². The molecule has 1 atom stereocenters. The van der Waals surface area contributed by atoms with Crippen LogP contribution in [0.3, 0.4) is 0 Å². The molecule has 6 nitrogen and oxygen atoms in total. The third-order valence-corrected chi connectivity index (χ3v) is 8.15. The van der Waals surface area contributed by atoms with Crippen molar-refractivity contribution < 1.29 is 14.3 Å². The third kappa shape index (κ3) is 6.63. The fraction of sp³-hybridized carbons (Fsp3) is 0.355. The molecular formula is C31H34BrN3O3. The molecule has 38 heavy (non-hydrogen) atoms. The Morgan fingerprint density at radius 3 is 2.39 bits per heavy atom. The minimum Gasteiger partial charge on any atom is -0.376 e. The molecule has 198 valence electrons. The highest BCUT2D eigenvalue weighted by atomic mass is 79.9. The smallest absolute Gasteiger partial charge is 0.256 e. The molecule has 0 spiro atoms. The first-order chi connectivity index (χ1) is 18.6. The van der Waals surface area contributed by atoms with Gasteiger partial charge in [-0.3, -0.25) is 9.59 Å². The van der Waals surface area contributed by atoms with Crippen LogP contribution in [0.15, 0.2) is 77.3 Å². The molecule has 2 fully saturated rings. The Labute approximate surface area is 232 Å². The number of anilines is 2. The molecule has 0 aliphatic carbocycles. The van der Waals surface area contributed by atoms with Gasteiger partial charge in [0.1, 0.15) is 0 Å². The van der Waals surface area contributed by atoms with Gasteiger partial charge in [-0.25, -0.2) is 0 Å². The minimum absolute atomic E-state index is 0.0643. The van der Waals surface area contributed by atoms with Gasteiger partial charge in [0.15, 0.2) is 0 Å². The van der Waals surface area contributed by atoms with E-state index in [4.69, 9.17) is 4.74 Å². The second-order valence-electron chi connectivity index (χ2n) is 10.1. The van der Waals surface area contributed by atoms with Crippen LogP contribution < -0.4 is 15.5 Å². The van der Waals surface area contributed by atoms with Crippen LogP contribution >= 0.6 is 15.9 Å². The number of benzene rings is 3. The second kappa shape index (κ2) is 12.6. The molecule has 2 saturated heterocycles. The highest BCUT2D eigenvalue weighted by Gasteiger charge is 2.25. The van der Waals surface area contributed by atoms with E-state index >= 15 is 0 Å². The van der Waals surface area contributed by atoms with Crippen LogP contribution in [0.1, 0.15) is 52.0 Å². The van der Waals surface area contributed by atoms with Gasteiger partial charge in [-0.1, -0.05) is 42.5 Å². The summed E-state index contributed by atoms with van der Waals surface area (Å²) < 4.78 is 6.42. The normalized spacial score (nSPS) is 17.8. The zero-order valence-electron chi connectivity index (χ0n) is 21.5. The molecule has 0 saturated carbocycles. The number of halogens is 1. The molecule has 2 N–H and O–H groups in total. The van der Waals surface area contributed by atoms with Crippen molar-refractivity contribution in [3.05, 3.63) is 94.0 Å². The molecule has 0 bridgehead atoms. The number of piperidine rings is 1. The number of rotatable bonds is 8. The van der Waals surface area contributed by atoms with Gasteiger partial charge < -0.3 is 20.3 Å². The van der Waals surface area contributed by atoms with Gasteiger partial charge in [0.2, 0.25) is 0 Å². The van der Waals surface area contributed by atoms with Gasteiger partial charge >= 0.3 is 0 Å². The number of nitrogens with one attached hydrogen (secondary N) is 2. The summed E-state index contributed by atoms with van der Waals surface area (Å²) in [5.41, 5.74) is 4.00. The molecule has 0 aromatic heterocycles. The monoisotopic (exact) mass is 575 g/mol. The fourth-order valence-electron chi connectivity index (χ4n) is 5.35. The van der Waals surface area contributed by atoms with E-state index in [1.165, 1.54) is 5.56 Å². The maximum absolute atomic E-state index is 13.4. The molecular weight excluding hydrogens is 542 g/mol. The summed E-state index contributed by atoms with van der Waals surface area (Å²) >= 11 is 3.45. The molecule has 0 radical (unpaired) electrons. The molecule has 2 heterocycles. The van der Waals surface area contributed by atoms with E-state index in [0.29, 0.717) is 29.3 Å². The molecule has 3 aromatic rings. The number of amides is 2. The first kappa shape index (κ1) is 26.4. The largest absolute Gasteiger partial charge is 0.376 e. The van der Waals surface area contributed by atoms with E-state index < -0.39 is 0 Å². The summed E-state index contributed by atoms with van der Waals surface area (Å²) in [6, 6.07) is 23.6. The van der Waals surface area contributed by atoms with Gasteiger partial charge in [-0.15, -0.1) is 0 Å². The fourth-order valence-corrected chi connectivity index (χ4v) is 5.81. The number of ether oxygens (including phenoxy) is 1. The molecule has 5 rings (SSSR count). The maximum Gasteiger partial charge on any atom is 0.256 e. The average molecular weight is 577 g/mol. The van der Waals surface area contributed by atoms with E-state index in [2.05, 4.69) is 61.8 Å². The summed E-state index contributed by atoms with van der Waals surface area (Å²) in [6.07, 6.45) is 5.29. The predicted octanol–water partition coefficient (Wildman–Crippen LogP) is 6.07. The standard InChI is InChI=1S/C31H34BrN3O3/c32-28-11-5-4-10-26(28)31(37)34-24-12-13-29(27(20-24)30(36)33-21-25-9-6-18-38-25)35-16-14-23(15-17-35)19-22-7-2-1-3-8-22/h1-5,7-8,10-13,20,23,25H,6,9,14-19,21H2,(H,33,36)(H,34,37). The van der Waals surface area contributed by atoms with E-state index in [1.807, 2.05) is 30.3 Å². The third-order valence-electron chi connectivity index (χ3n) is 7.45. The lowest BCUT2D eigenvalue weighted by Gasteiger charge is -2.35. The summed E-state index contributed by atoms with van der Waals surface area (Å²) in [4.78, 5) is 28.6. The van der Waals surface area contributed by atoms with Crippen molar-refractivity contribution in [2.24, 2.45) is 5.92 Å². The van der Waals surface area contributed by atoms with Crippen LogP contribution in [0.2, 0.25) is 0 Å². The minimum atomic E-state index is -0.224. The van der Waals surface area contributed by atoms with E-state index in [0.717, 1.165) is 62.0 Å². The van der Waals surface area contributed by atoms with Gasteiger partial charge in [0, 0.05) is 42.1 Å². The highest BCUT2D eigenvalue weighted by molar-refractivity contribution is 9.10. The van der Waals surface area contributed by atoms with Crippen molar-refractivity contribution in [3.63, 3.8) is 0 Å². The van der Waals surface area contributed by atoms with E-state index in [-0.39, 0.29) is 17.9 Å². The van der Waals surface area contributed by atoms with Crippen LogP contribution in [0.4, 0.5) is 11.4 Å². The summed E-state index contributed by atoms with van der Waals surface area (Å²) in [5.74, 6) is 0.268. The van der Waals surface area contributed by atoms with E-state index in [1.54, 1.807) is 12.1 Å². The zero-order chi connectivity index (χ0) is 26.3. The van der Waals surface area contributed by atoms with Gasteiger partial charge in [-0.05, 0) is 89.8 Å². The van der Waals surface area contributed by atoms with Crippen molar-refractivity contribution in [2.75, 3.05) is 36.5 Å². The lowest BCUT2D eigenvalue weighted by Crippen LogP contribution is -2.37. The Hall–Kier alpha value is -3.16. The van der Waals surface area contributed by atoms with Crippen LogP contribution in [-0.2, 0) is 11.2 Å². The first-order valence-electron chi connectivity index (χ1n) is 13.5. The first-order valence-corrected chi connectivity index (χ1v) is 14.2.